The van der Waals surface area contributed by atoms with Gasteiger partial charge < -0.3 is 5.32 Å². The van der Waals surface area contributed by atoms with E-state index in [2.05, 4.69) is 39.4 Å². The van der Waals surface area contributed by atoms with Crippen molar-refractivity contribution in [1.82, 2.24) is 0 Å². The molecule has 1 N–H and O–H groups in total. The summed E-state index contributed by atoms with van der Waals surface area (Å²) in [6, 6.07) is 6.68. The molecule has 1 fully saturated rings. The van der Waals surface area contributed by atoms with Crippen molar-refractivity contribution >= 4 is 21.6 Å². The molecule has 1 aromatic rings. The van der Waals surface area contributed by atoms with E-state index < -0.39 is 0 Å². The van der Waals surface area contributed by atoms with E-state index in [0.717, 1.165) is 18.4 Å². The van der Waals surface area contributed by atoms with Crippen LogP contribution < -0.4 is 5.32 Å². The van der Waals surface area contributed by atoms with Gasteiger partial charge in [0.2, 0.25) is 0 Å². The Balaban J connectivity index is 1.84. The van der Waals surface area contributed by atoms with Gasteiger partial charge in [0, 0.05) is 22.6 Å². The Labute approximate surface area is 112 Å². The maximum absolute atomic E-state index is 3.60. The van der Waals surface area contributed by atoms with Crippen LogP contribution in [0.25, 0.3) is 0 Å². The molecule has 1 atom stereocenters. The van der Waals surface area contributed by atoms with Crippen molar-refractivity contribution < 1.29 is 0 Å². The Kier molecular flexibility index (Phi) is 3.41. The lowest BCUT2D eigenvalue weighted by Gasteiger charge is -2.22. The molecule has 0 spiro atoms. The molecule has 0 aromatic heterocycles. The fourth-order valence-electron chi connectivity index (χ4n) is 3.47. The first-order valence-electron chi connectivity index (χ1n) is 6.88. The number of nitrogens with one attached hydrogen (secondary N) is 1. The van der Waals surface area contributed by atoms with Crippen molar-refractivity contribution in [3.05, 3.63) is 28.2 Å². The number of anilines is 1. The number of fused-ring (bicyclic) bond motifs is 1. The quantitative estimate of drug-likeness (QED) is 0.724. The van der Waals surface area contributed by atoms with Crippen LogP contribution in [-0.4, -0.2) is 6.54 Å². The molecule has 1 unspecified atom stereocenters. The van der Waals surface area contributed by atoms with Gasteiger partial charge in [0.25, 0.3) is 0 Å². The van der Waals surface area contributed by atoms with Gasteiger partial charge in [-0.1, -0.05) is 41.6 Å². The monoisotopic (exact) mass is 293 g/mol. The highest BCUT2D eigenvalue weighted by atomic mass is 79.9. The molecular weight excluding hydrogens is 274 g/mol. The van der Waals surface area contributed by atoms with E-state index in [1.807, 2.05) is 0 Å². The van der Waals surface area contributed by atoms with Gasteiger partial charge in [-0.05, 0) is 42.5 Å². The highest BCUT2D eigenvalue weighted by molar-refractivity contribution is 9.10. The van der Waals surface area contributed by atoms with Crippen LogP contribution in [0.2, 0.25) is 0 Å². The van der Waals surface area contributed by atoms with E-state index in [-0.39, 0.29) is 0 Å². The minimum atomic E-state index is 0.751. The van der Waals surface area contributed by atoms with Crippen LogP contribution in [0.3, 0.4) is 0 Å². The average molecular weight is 294 g/mol. The van der Waals surface area contributed by atoms with E-state index in [4.69, 9.17) is 0 Å². The molecule has 0 radical (unpaired) electrons. The zero-order chi connectivity index (χ0) is 11.7. The summed E-state index contributed by atoms with van der Waals surface area (Å²) in [5.41, 5.74) is 2.91. The molecule has 1 nitrogen and oxygen atoms in total. The van der Waals surface area contributed by atoms with Crippen LogP contribution in [0.1, 0.15) is 50.0 Å². The summed E-state index contributed by atoms with van der Waals surface area (Å²) in [7, 11) is 0. The first-order valence-corrected chi connectivity index (χ1v) is 7.67. The van der Waals surface area contributed by atoms with Crippen molar-refractivity contribution in [3.63, 3.8) is 0 Å². The largest absolute Gasteiger partial charge is 0.384 e. The van der Waals surface area contributed by atoms with Gasteiger partial charge in [-0.15, -0.1) is 0 Å². The van der Waals surface area contributed by atoms with E-state index >= 15 is 0 Å². The van der Waals surface area contributed by atoms with Crippen LogP contribution in [0.4, 0.5) is 5.69 Å². The summed E-state index contributed by atoms with van der Waals surface area (Å²) in [6.45, 7) is 1.15. The predicted octanol–water partition coefficient (Wildman–Crippen LogP) is 4.93. The lowest BCUT2D eigenvalue weighted by Crippen LogP contribution is -2.14. The van der Waals surface area contributed by atoms with Gasteiger partial charge in [-0.3, -0.25) is 0 Å². The van der Waals surface area contributed by atoms with Crippen molar-refractivity contribution in [1.29, 1.82) is 0 Å². The van der Waals surface area contributed by atoms with Gasteiger partial charge in [0.05, 0.1) is 0 Å². The third-order valence-electron chi connectivity index (χ3n) is 4.39. The average Bonchev–Trinajstić information content (AvgIpc) is 2.58. The van der Waals surface area contributed by atoms with Crippen LogP contribution in [0, 0.1) is 5.92 Å². The molecule has 0 saturated heterocycles. The second-order valence-corrected chi connectivity index (χ2v) is 6.39. The van der Waals surface area contributed by atoms with Crippen molar-refractivity contribution in [2.75, 3.05) is 11.9 Å². The molecule has 1 saturated carbocycles. The number of halogens is 1. The summed E-state index contributed by atoms with van der Waals surface area (Å²) >= 11 is 3.60. The lowest BCUT2D eigenvalue weighted by molar-refractivity contribution is 0.394. The zero-order valence-corrected chi connectivity index (χ0v) is 11.8. The molecule has 1 aromatic carbocycles. The molecular formula is C15H20BrN. The summed E-state index contributed by atoms with van der Waals surface area (Å²) in [4.78, 5) is 0. The molecule has 92 valence electrons. The number of hydrogen-bond donors (Lipinski definition) is 1. The van der Waals surface area contributed by atoms with Gasteiger partial charge in [-0.25, -0.2) is 0 Å². The Morgan fingerprint density at radius 3 is 2.59 bits per heavy atom. The molecule has 2 aliphatic rings. The molecule has 2 heteroatoms. The Morgan fingerprint density at radius 1 is 1.06 bits per heavy atom. The topological polar surface area (TPSA) is 12.0 Å². The predicted molar refractivity (Wildman–Crippen MR) is 76.6 cm³/mol. The smallest absolute Gasteiger partial charge is 0.0377 e. The van der Waals surface area contributed by atoms with Crippen molar-refractivity contribution in [2.45, 2.75) is 44.4 Å². The molecule has 0 bridgehead atoms. The first kappa shape index (κ1) is 11.6. The molecule has 1 heterocycles. The standard InChI is InChI=1S/C15H20BrN/c16-12-7-8-15-13(9-12)14(10-17-15)11-5-3-1-2-4-6-11/h7-9,11,14,17H,1-6,10H2. The third-order valence-corrected chi connectivity index (χ3v) is 4.89. The third kappa shape index (κ3) is 2.37. The van der Waals surface area contributed by atoms with Crippen LogP contribution in [0.5, 0.6) is 0 Å². The Bertz CT molecular complexity index is 394. The maximum atomic E-state index is 3.60. The number of hydrogen-bond acceptors (Lipinski definition) is 1. The van der Waals surface area contributed by atoms with Gasteiger partial charge in [0.1, 0.15) is 0 Å². The highest BCUT2D eigenvalue weighted by Crippen LogP contribution is 2.42. The lowest BCUT2D eigenvalue weighted by atomic mass is 9.83. The second kappa shape index (κ2) is 5.01. The van der Waals surface area contributed by atoms with E-state index in [1.165, 1.54) is 48.7 Å². The minimum absolute atomic E-state index is 0.751. The van der Waals surface area contributed by atoms with Crippen LogP contribution in [0.15, 0.2) is 22.7 Å². The zero-order valence-electron chi connectivity index (χ0n) is 10.2. The summed E-state index contributed by atoms with van der Waals surface area (Å²) in [6.07, 6.45) is 8.62. The van der Waals surface area contributed by atoms with Gasteiger partial charge in [0.15, 0.2) is 0 Å². The molecule has 1 aliphatic heterocycles. The van der Waals surface area contributed by atoms with Crippen LogP contribution >= 0.6 is 15.9 Å². The highest BCUT2D eigenvalue weighted by Gasteiger charge is 2.29. The van der Waals surface area contributed by atoms with Gasteiger partial charge >= 0.3 is 0 Å². The Morgan fingerprint density at radius 2 is 1.82 bits per heavy atom. The summed E-state index contributed by atoms with van der Waals surface area (Å²) < 4.78 is 1.22. The second-order valence-electron chi connectivity index (χ2n) is 5.47. The normalized spacial score (nSPS) is 25.1. The van der Waals surface area contributed by atoms with E-state index in [0.29, 0.717) is 0 Å². The Hall–Kier alpha value is -0.500. The number of benzene rings is 1. The van der Waals surface area contributed by atoms with E-state index in [1.54, 1.807) is 5.56 Å². The summed E-state index contributed by atoms with van der Waals surface area (Å²) in [5, 5.41) is 3.57. The summed E-state index contributed by atoms with van der Waals surface area (Å²) in [5.74, 6) is 1.65. The number of rotatable bonds is 1. The maximum Gasteiger partial charge on any atom is 0.0377 e. The molecule has 1 aliphatic carbocycles. The fraction of sp³-hybridized carbons (Fsp3) is 0.600. The fourth-order valence-corrected chi connectivity index (χ4v) is 3.84. The van der Waals surface area contributed by atoms with Gasteiger partial charge in [-0.2, -0.15) is 0 Å². The van der Waals surface area contributed by atoms with Crippen molar-refractivity contribution in [2.24, 2.45) is 5.92 Å². The van der Waals surface area contributed by atoms with E-state index in [9.17, 15) is 0 Å². The minimum Gasteiger partial charge on any atom is -0.384 e. The SMILES string of the molecule is Brc1ccc2c(c1)C(C1CCCCCC1)CN2. The first-order chi connectivity index (χ1) is 8.34. The molecule has 3 rings (SSSR count). The molecule has 17 heavy (non-hydrogen) atoms. The molecule has 0 amide bonds. The van der Waals surface area contributed by atoms with Crippen LogP contribution in [-0.2, 0) is 0 Å². The van der Waals surface area contributed by atoms with Crippen molar-refractivity contribution in [3.8, 4) is 0 Å².